The fourth-order valence-corrected chi connectivity index (χ4v) is 4.06. The molecule has 0 radical (unpaired) electrons. The summed E-state index contributed by atoms with van der Waals surface area (Å²) in [6.45, 7) is 6.62. The monoisotopic (exact) mass is 446 g/mol. The second kappa shape index (κ2) is 8.61. The Kier molecular flexibility index (Phi) is 5.49. The second-order valence-corrected chi connectivity index (χ2v) is 8.33. The van der Waals surface area contributed by atoms with Crippen LogP contribution in [-0.4, -0.2) is 66.9 Å². The minimum absolute atomic E-state index is 0.0927. The lowest BCUT2D eigenvalue weighted by Gasteiger charge is -2.35. The fourth-order valence-electron chi connectivity index (χ4n) is 4.06. The van der Waals surface area contributed by atoms with E-state index in [9.17, 15) is 4.79 Å². The Morgan fingerprint density at radius 3 is 2.55 bits per heavy atom. The molecule has 1 fully saturated rings. The predicted octanol–water partition coefficient (Wildman–Crippen LogP) is 2.31. The zero-order valence-corrected chi connectivity index (χ0v) is 19.0. The summed E-state index contributed by atoms with van der Waals surface area (Å²) < 4.78 is 7.51. The van der Waals surface area contributed by atoms with Crippen molar-refractivity contribution in [1.29, 1.82) is 0 Å². The van der Waals surface area contributed by atoms with Gasteiger partial charge in [0, 0.05) is 51.6 Å². The van der Waals surface area contributed by atoms with Gasteiger partial charge in [-0.05, 0) is 26.0 Å². The largest absolute Gasteiger partial charge is 0.421 e. The molecule has 33 heavy (non-hydrogen) atoms. The Labute approximate surface area is 191 Å². The first kappa shape index (κ1) is 21.0. The number of benzene rings is 1. The molecule has 0 N–H and O–H groups in total. The molecule has 10 nitrogen and oxygen atoms in total. The van der Waals surface area contributed by atoms with Crippen molar-refractivity contribution in [1.82, 2.24) is 34.8 Å². The molecule has 10 heteroatoms. The standard InChI is InChI=1S/C23H26N8O2/c1-15-4-6-17(7-5-15)23-28-27-19(33-23)8-9-20(32)30-10-12-31(13-11-30)22-18-14-24-29(3)21(18)25-16(2)26-22/h4-7,14H,8-13H2,1-3H3. The molecule has 1 aliphatic heterocycles. The van der Waals surface area contributed by atoms with Crippen molar-refractivity contribution in [2.75, 3.05) is 31.1 Å². The predicted molar refractivity (Wildman–Crippen MR) is 123 cm³/mol. The van der Waals surface area contributed by atoms with Gasteiger partial charge in [0.1, 0.15) is 11.6 Å². The highest BCUT2D eigenvalue weighted by atomic mass is 16.4. The van der Waals surface area contributed by atoms with Gasteiger partial charge in [-0.15, -0.1) is 10.2 Å². The molecule has 0 aliphatic carbocycles. The third kappa shape index (κ3) is 4.28. The topological polar surface area (TPSA) is 106 Å². The first-order valence-corrected chi connectivity index (χ1v) is 11.1. The molecule has 0 bridgehead atoms. The molecular weight excluding hydrogens is 420 g/mol. The molecule has 4 aromatic rings. The van der Waals surface area contributed by atoms with Gasteiger partial charge in [0.25, 0.3) is 0 Å². The number of hydrogen-bond acceptors (Lipinski definition) is 8. The first-order valence-electron chi connectivity index (χ1n) is 11.1. The third-order valence-electron chi connectivity index (χ3n) is 5.93. The van der Waals surface area contributed by atoms with Crippen LogP contribution in [0.15, 0.2) is 34.9 Å². The highest BCUT2D eigenvalue weighted by Gasteiger charge is 2.24. The number of hydrogen-bond donors (Lipinski definition) is 0. The summed E-state index contributed by atoms with van der Waals surface area (Å²) in [4.78, 5) is 26.0. The Bertz CT molecular complexity index is 1290. The Morgan fingerprint density at radius 1 is 1.03 bits per heavy atom. The van der Waals surface area contributed by atoms with E-state index in [1.54, 1.807) is 10.9 Å². The average Bonchev–Trinajstić information content (AvgIpc) is 3.45. The number of fused-ring (bicyclic) bond motifs is 1. The average molecular weight is 447 g/mol. The number of nitrogens with zero attached hydrogens (tertiary/aromatic N) is 8. The van der Waals surface area contributed by atoms with Crippen LogP contribution in [0.1, 0.15) is 23.7 Å². The van der Waals surface area contributed by atoms with Gasteiger partial charge in [-0.3, -0.25) is 9.48 Å². The van der Waals surface area contributed by atoms with Crippen molar-refractivity contribution < 1.29 is 9.21 Å². The molecule has 0 spiro atoms. The van der Waals surface area contributed by atoms with Crippen LogP contribution in [0.25, 0.3) is 22.5 Å². The van der Waals surface area contributed by atoms with Gasteiger partial charge in [0.2, 0.25) is 17.7 Å². The minimum Gasteiger partial charge on any atom is -0.421 e. The molecule has 0 unspecified atom stereocenters. The maximum atomic E-state index is 12.8. The molecule has 4 heterocycles. The SMILES string of the molecule is Cc1ccc(-c2nnc(CCC(=O)N3CCN(c4nc(C)nc5c4cnn5C)CC3)o2)cc1. The summed E-state index contributed by atoms with van der Waals surface area (Å²) in [5, 5.41) is 13.5. The molecule has 1 amide bonds. The van der Waals surface area contributed by atoms with Crippen LogP contribution in [0.4, 0.5) is 5.82 Å². The number of piperazine rings is 1. The Hall–Kier alpha value is -3.82. The van der Waals surface area contributed by atoms with Gasteiger partial charge in [-0.2, -0.15) is 5.10 Å². The summed E-state index contributed by atoms with van der Waals surface area (Å²) in [7, 11) is 1.88. The van der Waals surface area contributed by atoms with E-state index >= 15 is 0 Å². The highest BCUT2D eigenvalue weighted by Crippen LogP contribution is 2.25. The van der Waals surface area contributed by atoms with E-state index in [0.29, 0.717) is 56.6 Å². The van der Waals surface area contributed by atoms with E-state index in [1.165, 1.54) is 5.56 Å². The van der Waals surface area contributed by atoms with Crippen LogP contribution < -0.4 is 4.90 Å². The van der Waals surface area contributed by atoms with Crippen molar-refractivity contribution in [2.24, 2.45) is 7.05 Å². The number of amides is 1. The van der Waals surface area contributed by atoms with Gasteiger partial charge in [-0.1, -0.05) is 17.7 Å². The van der Waals surface area contributed by atoms with E-state index in [1.807, 2.05) is 50.1 Å². The van der Waals surface area contributed by atoms with E-state index in [0.717, 1.165) is 22.4 Å². The maximum Gasteiger partial charge on any atom is 0.247 e. The van der Waals surface area contributed by atoms with Crippen LogP contribution in [-0.2, 0) is 18.3 Å². The smallest absolute Gasteiger partial charge is 0.247 e. The summed E-state index contributed by atoms with van der Waals surface area (Å²) >= 11 is 0. The van der Waals surface area contributed by atoms with Crippen molar-refractivity contribution >= 4 is 22.8 Å². The van der Waals surface area contributed by atoms with Crippen LogP contribution >= 0.6 is 0 Å². The van der Waals surface area contributed by atoms with E-state index < -0.39 is 0 Å². The summed E-state index contributed by atoms with van der Waals surface area (Å²) in [6.07, 6.45) is 2.57. The molecule has 3 aromatic heterocycles. The fraction of sp³-hybridized carbons (Fsp3) is 0.391. The van der Waals surface area contributed by atoms with Crippen LogP contribution in [0.3, 0.4) is 0 Å². The van der Waals surface area contributed by atoms with Gasteiger partial charge in [-0.25, -0.2) is 9.97 Å². The summed E-state index contributed by atoms with van der Waals surface area (Å²) in [5.41, 5.74) is 2.87. The lowest BCUT2D eigenvalue weighted by Crippen LogP contribution is -2.49. The van der Waals surface area contributed by atoms with Gasteiger partial charge < -0.3 is 14.2 Å². The molecule has 170 valence electrons. The van der Waals surface area contributed by atoms with Crippen LogP contribution in [0.5, 0.6) is 0 Å². The van der Waals surface area contributed by atoms with E-state index in [-0.39, 0.29) is 5.91 Å². The number of carbonyl (C=O) groups excluding carboxylic acids is 1. The highest BCUT2D eigenvalue weighted by molar-refractivity contribution is 5.87. The van der Waals surface area contributed by atoms with Gasteiger partial charge in [0.05, 0.1) is 11.6 Å². The van der Waals surface area contributed by atoms with Crippen molar-refractivity contribution in [3.8, 4) is 11.5 Å². The lowest BCUT2D eigenvalue weighted by molar-refractivity contribution is -0.131. The van der Waals surface area contributed by atoms with E-state index in [4.69, 9.17) is 4.42 Å². The summed E-state index contributed by atoms with van der Waals surface area (Å²) in [5.74, 6) is 2.65. The van der Waals surface area contributed by atoms with Crippen LogP contribution in [0, 0.1) is 13.8 Å². The molecule has 1 aliphatic rings. The molecule has 1 aromatic carbocycles. The third-order valence-corrected chi connectivity index (χ3v) is 5.93. The Balaban J connectivity index is 1.18. The van der Waals surface area contributed by atoms with E-state index in [2.05, 4.69) is 30.2 Å². The molecular formula is C23H26N8O2. The summed E-state index contributed by atoms with van der Waals surface area (Å²) in [6, 6.07) is 7.92. The van der Waals surface area contributed by atoms with Crippen molar-refractivity contribution in [3.63, 3.8) is 0 Å². The zero-order valence-electron chi connectivity index (χ0n) is 19.0. The minimum atomic E-state index is 0.0927. The van der Waals surface area contributed by atoms with Gasteiger partial charge in [0.15, 0.2) is 5.65 Å². The zero-order chi connectivity index (χ0) is 22.9. The molecule has 0 atom stereocenters. The molecule has 5 rings (SSSR count). The normalized spacial score (nSPS) is 14.3. The second-order valence-electron chi connectivity index (χ2n) is 8.33. The number of rotatable bonds is 5. The van der Waals surface area contributed by atoms with Crippen molar-refractivity contribution in [2.45, 2.75) is 26.7 Å². The Morgan fingerprint density at radius 2 is 1.79 bits per heavy atom. The molecule has 1 saturated heterocycles. The first-order chi connectivity index (χ1) is 16.0. The molecule has 0 saturated carbocycles. The number of aromatic nitrogens is 6. The van der Waals surface area contributed by atoms with Gasteiger partial charge >= 0.3 is 0 Å². The van der Waals surface area contributed by atoms with Crippen LogP contribution in [0.2, 0.25) is 0 Å². The quantitative estimate of drug-likeness (QED) is 0.460. The van der Waals surface area contributed by atoms with Crippen molar-refractivity contribution in [3.05, 3.63) is 47.7 Å². The lowest BCUT2D eigenvalue weighted by atomic mass is 10.1. The maximum absolute atomic E-state index is 12.8. The number of anilines is 1. The number of carbonyl (C=O) groups is 1. The number of aryl methyl sites for hydroxylation is 4.